The largest absolute Gasteiger partial charge is 0.454 e. The number of allylic oxidation sites excluding steroid dienone is 17. The predicted molar refractivity (Wildman–Crippen MR) is 365 cm³/mol. The molecular formula is C76H131NO10. The number of carbonyl (C=O) groups is 2. The number of esters is 1. The number of nitrogens with one attached hydrogen (secondary N) is 1. The summed E-state index contributed by atoms with van der Waals surface area (Å²) >= 11 is 0. The molecule has 11 heteroatoms. The lowest BCUT2D eigenvalue weighted by molar-refractivity contribution is -0.305. The van der Waals surface area contributed by atoms with E-state index in [1.165, 1.54) is 116 Å². The van der Waals surface area contributed by atoms with E-state index >= 15 is 0 Å². The van der Waals surface area contributed by atoms with E-state index in [9.17, 15) is 35.1 Å². The summed E-state index contributed by atoms with van der Waals surface area (Å²) in [5.41, 5.74) is 0. The molecule has 1 aliphatic heterocycles. The van der Waals surface area contributed by atoms with E-state index < -0.39 is 67.4 Å². The Bertz CT molecular complexity index is 1830. The molecule has 1 aliphatic rings. The molecule has 0 aromatic rings. The molecule has 6 N–H and O–H groups in total. The van der Waals surface area contributed by atoms with Gasteiger partial charge in [0, 0.05) is 6.42 Å². The number of carbonyl (C=O) groups excluding carboxylic acids is 2. The average Bonchev–Trinajstić information content (AvgIpc) is 2.32. The fourth-order valence-electron chi connectivity index (χ4n) is 10.6. The highest BCUT2D eigenvalue weighted by Crippen LogP contribution is 2.26. The third-order valence-corrected chi connectivity index (χ3v) is 16.2. The maximum absolute atomic E-state index is 13.5. The van der Waals surface area contributed by atoms with Gasteiger partial charge in [0.05, 0.1) is 25.4 Å². The smallest absolute Gasteiger partial charge is 0.306 e. The molecule has 8 atom stereocenters. The molecule has 1 heterocycles. The van der Waals surface area contributed by atoms with Gasteiger partial charge in [-0.1, -0.05) is 291 Å². The van der Waals surface area contributed by atoms with E-state index in [1.54, 1.807) is 6.08 Å². The van der Waals surface area contributed by atoms with Gasteiger partial charge in [0.2, 0.25) is 5.91 Å². The Hall–Kier alpha value is -3.68. The second kappa shape index (κ2) is 62.5. The van der Waals surface area contributed by atoms with Crippen molar-refractivity contribution < 1.29 is 49.3 Å². The van der Waals surface area contributed by atoms with Crippen molar-refractivity contribution in [1.29, 1.82) is 0 Å². The summed E-state index contributed by atoms with van der Waals surface area (Å²) in [6, 6.07) is -1.04. The number of hydrogen-bond donors (Lipinski definition) is 6. The van der Waals surface area contributed by atoms with Gasteiger partial charge in [-0.15, -0.1) is 0 Å². The number of amides is 1. The molecule has 1 amide bonds. The summed E-state index contributed by atoms with van der Waals surface area (Å²) < 4.78 is 17.7. The molecular weight excluding hydrogens is 1090 g/mol. The molecule has 87 heavy (non-hydrogen) atoms. The lowest BCUT2D eigenvalue weighted by atomic mass is 9.99. The second-order valence-corrected chi connectivity index (χ2v) is 24.2. The fraction of sp³-hybridized carbons (Fsp3) is 0.737. The topological polar surface area (TPSA) is 175 Å². The van der Waals surface area contributed by atoms with Crippen molar-refractivity contribution in [1.82, 2.24) is 5.32 Å². The minimum absolute atomic E-state index is 0.105. The van der Waals surface area contributed by atoms with Crippen molar-refractivity contribution in [2.45, 2.75) is 346 Å². The van der Waals surface area contributed by atoms with Crippen molar-refractivity contribution in [3.63, 3.8) is 0 Å². The zero-order valence-corrected chi connectivity index (χ0v) is 55.6. The Morgan fingerprint density at radius 3 is 1.26 bits per heavy atom. The van der Waals surface area contributed by atoms with E-state index in [2.05, 4.69) is 123 Å². The summed E-state index contributed by atoms with van der Waals surface area (Å²) in [4.78, 5) is 26.7. The third kappa shape index (κ3) is 49.7. The summed E-state index contributed by atoms with van der Waals surface area (Å²) in [6.07, 6.45) is 75.4. The van der Waals surface area contributed by atoms with Gasteiger partial charge in [0.25, 0.3) is 0 Å². The summed E-state index contributed by atoms with van der Waals surface area (Å²) in [7, 11) is 0. The molecule has 0 bridgehead atoms. The summed E-state index contributed by atoms with van der Waals surface area (Å²) in [5, 5.41) is 57.3. The van der Waals surface area contributed by atoms with Crippen LogP contribution in [0.1, 0.15) is 297 Å². The van der Waals surface area contributed by atoms with E-state index in [1.807, 2.05) is 6.08 Å². The van der Waals surface area contributed by atoms with Crippen LogP contribution in [0, 0.1) is 0 Å². The number of aliphatic hydroxyl groups excluding tert-OH is 5. The van der Waals surface area contributed by atoms with Crippen LogP contribution < -0.4 is 5.32 Å². The van der Waals surface area contributed by atoms with Gasteiger partial charge in [-0.3, -0.25) is 9.59 Å². The molecule has 1 saturated heterocycles. The lowest BCUT2D eigenvalue weighted by Gasteiger charge is -2.41. The first-order valence-electron chi connectivity index (χ1n) is 35.7. The van der Waals surface area contributed by atoms with Crippen molar-refractivity contribution in [2.24, 2.45) is 0 Å². The Kier molecular flexibility index (Phi) is 58.4. The van der Waals surface area contributed by atoms with E-state index in [0.29, 0.717) is 12.8 Å². The van der Waals surface area contributed by atoms with Crippen LogP contribution in [0.4, 0.5) is 0 Å². The van der Waals surface area contributed by atoms with Crippen molar-refractivity contribution in [3.8, 4) is 0 Å². The normalized spacial score (nSPS) is 18.9. The van der Waals surface area contributed by atoms with Gasteiger partial charge < -0.3 is 45.1 Å². The van der Waals surface area contributed by atoms with Gasteiger partial charge in [-0.05, 0) is 109 Å². The first-order valence-corrected chi connectivity index (χ1v) is 35.7. The number of ether oxygens (including phenoxy) is 3. The monoisotopic (exact) mass is 1220 g/mol. The zero-order chi connectivity index (χ0) is 63.1. The predicted octanol–water partition coefficient (Wildman–Crippen LogP) is 18.4. The van der Waals surface area contributed by atoms with E-state index in [-0.39, 0.29) is 19.4 Å². The Labute approximate surface area is 532 Å². The molecule has 0 spiro atoms. The van der Waals surface area contributed by atoms with Crippen LogP contribution in [0.2, 0.25) is 0 Å². The van der Waals surface area contributed by atoms with Crippen molar-refractivity contribution in [3.05, 3.63) is 109 Å². The Morgan fingerprint density at radius 1 is 0.460 bits per heavy atom. The SMILES string of the molecule is CC/C=C\C/C=C\C/C=C\C/C=C\C/C=C\CCCCCCCCCC(=O)OC1C(OCC(NC(=O)C(O)CCCCCCCCCCC/C=C\C/C=C\C/C=C\CCCCC)C(O)/C=C/CCCCCCCCCCCCC)OC(CO)C(O)C1O. The van der Waals surface area contributed by atoms with Crippen LogP contribution in [0.15, 0.2) is 109 Å². The molecule has 8 unspecified atom stereocenters. The first-order chi connectivity index (χ1) is 42.7. The molecule has 0 saturated carbocycles. The van der Waals surface area contributed by atoms with Crippen LogP contribution in [0.5, 0.6) is 0 Å². The number of unbranched alkanes of at least 4 members (excludes halogenated alkanes) is 30. The fourth-order valence-corrected chi connectivity index (χ4v) is 10.6. The zero-order valence-electron chi connectivity index (χ0n) is 55.6. The van der Waals surface area contributed by atoms with Gasteiger partial charge in [-0.2, -0.15) is 0 Å². The highest BCUT2D eigenvalue weighted by Gasteiger charge is 2.47. The molecule has 0 aromatic carbocycles. The summed E-state index contributed by atoms with van der Waals surface area (Å²) in [6.45, 7) is 5.66. The van der Waals surface area contributed by atoms with E-state index in [4.69, 9.17) is 14.2 Å². The number of hydrogen-bond acceptors (Lipinski definition) is 10. The van der Waals surface area contributed by atoms with Gasteiger partial charge in [0.15, 0.2) is 12.4 Å². The maximum Gasteiger partial charge on any atom is 0.306 e. The van der Waals surface area contributed by atoms with Crippen LogP contribution in [-0.2, 0) is 23.8 Å². The molecule has 1 rings (SSSR count). The highest BCUT2D eigenvalue weighted by atomic mass is 16.7. The lowest BCUT2D eigenvalue weighted by Crippen LogP contribution is -2.61. The molecule has 1 fully saturated rings. The van der Waals surface area contributed by atoms with Crippen molar-refractivity contribution in [2.75, 3.05) is 13.2 Å². The Morgan fingerprint density at radius 2 is 0.828 bits per heavy atom. The average molecular weight is 1220 g/mol. The molecule has 500 valence electrons. The van der Waals surface area contributed by atoms with Crippen molar-refractivity contribution >= 4 is 11.9 Å². The third-order valence-electron chi connectivity index (χ3n) is 16.2. The molecule has 11 nitrogen and oxygen atoms in total. The van der Waals surface area contributed by atoms with Crippen LogP contribution >= 0.6 is 0 Å². The molecule has 0 radical (unpaired) electrons. The number of rotatable bonds is 60. The molecule has 0 aliphatic carbocycles. The van der Waals surface area contributed by atoms with Gasteiger partial charge in [-0.25, -0.2) is 0 Å². The van der Waals surface area contributed by atoms with Crippen LogP contribution in [0.3, 0.4) is 0 Å². The highest BCUT2D eigenvalue weighted by molar-refractivity contribution is 5.80. The van der Waals surface area contributed by atoms with Gasteiger partial charge >= 0.3 is 5.97 Å². The van der Waals surface area contributed by atoms with Crippen LogP contribution in [-0.4, -0.2) is 99.6 Å². The van der Waals surface area contributed by atoms with Crippen LogP contribution in [0.25, 0.3) is 0 Å². The summed E-state index contributed by atoms with van der Waals surface area (Å²) in [5.74, 6) is -1.21. The second-order valence-electron chi connectivity index (χ2n) is 24.2. The Balaban J connectivity index is 2.62. The standard InChI is InChI=1S/C76H131NO10/c1-4-7-10-13-16-19-22-25-27-29-31-33-35-37-39-41-43-46-49-52-55-58-61-64-71(81)87-74-73(83)72(82)70(65-78)86-76(74)85-66-67(68(79)62-59-56-53-50-47-44-24-21-18-15-12-9-6-3)77-75(84)69(80)63-60-57-54-51-48-45-42-40-38-36-34-32-30-28-26-23-20-17-14-11-8-5-2/h7,10,16-17,19-20,25-28,31-34,37,39,59,62,67-70,72-74,76,78-80,82-83H,4-6,8-9,11-15,18,21-24,29-30,35-36,38,40-58,60-61,63-66H2,1-3H3,(H,77,84)/b10-7-,19-16-,20-17-,27-25-,28-26-,33-31-,34-32-,39-37-,62-59+. The van der Waals surface area contributed by atoms with Gasteiger partial charge in [0.1, 0.15) is 24.4 Å². The minimum Gasteiger partial charge on any atom is -0.454 e. The quantitative estimate of drug-likeness (QED) is 0.0195. The first kappa shape index (κ1) is 81.3. The minimum atomic E-state index is -1.63. The molecule has 0 aromatic heterocycles. The maximum atomic E-state index is 13.5. The number of aliphatic hydroxyl groups is 5. The van der Waals surface area contributed by atoms with E-state index in [0.717, 1.165) is 135 Å².